The molecule has 0 spiro atoms. The number of aromatic nitrogens is 2. The number of benzene rings is 1. The Morgan fingerprint density at radius 1 is 1.43 bits per heavy atom. The van der Waals surface area contributed by atoms with Crippen LogP contribution in [-0.2, 0) is 9.53 Å². The Balaban J connectivity index is 2.10. The van der Waals surface area contributed by atoms with Crippen molar-refractivity contribution in [2.75, 3.05) is 13.7 Å². The second-order valence-electron chi connectivity index (χ2n) is 4.77. The molecule has 1 atom stereocenters. The van der Waals surface area contributed by atoms with E-state index in [0.29, 0.717) is 0 Å². The molecular weight excluding hydrogens is 366 g/mol. The van der Waals surface area contributed by atoms with Gasteiger partial charge in [0.05, 0.1) is 5.69 Å². The summed E-state index contributed by atoms with van der Waals surface area (Å²) in [6, 6.07) is 7.95. The Kier molecular flexibility index (Phi) is 5.89. The van der Waals surface area contributed by atoms with Crippen LogP contribution in [0.25, 0.3) is 5.69 Å². The highest BCUT2D eigenvalue weighted by Crippen LogP contribution is 2.15. The molecule has 8 heteroatoms. The van der Waals surface area contributed by atoms with Crippen LogP contribution in [0.3, 0.4) is 0 Å². The lowest BCUT2D eigenvalue weighted by Crippen LogP contribution is -2.41. The molecule has 2 N–H and O–H groups in total. The van der Waals surface area contributed by atoms with Gasteiger partial charge in [-0.1, -0.05) is 22.0 Å². The van der Waals surface area contributed by atoms with Crippen molar-refractivity contribution < 1.29 is 19.4 Å². The van der Waals surface area contributed by atoms with Crippen molar-refractivity contribution in [3.63, 3.8) is 0 Å². The number of aliphatic carboxylic acids is 1. The Labute approximate surface area is 141 Å². The fraction of sp³-hybridized carbons (Fsp3) is 0.267. The Hall–Kier alpha value is -2.19. The number of amides is 1. The first-order valence-electron chi connectivity index (χ1n) is 6.85. The number of carboxylic acid groups (broad SMARTS) is 1. The summed E-state index contributed by atoms with van der Waals surface area (Å²) in [7, 11) is 1.47. The van der Waals surface area contributed by atoms with Crippen LogP contribution in [-0.4, -0.2) is 46.5 Å². The standard InChI is InChI=1S/C15H16BrN3O4/c1-23-8-6-13(15(21)22)17-14(20)12-5-7-19(18-12)11-4-2-3-10(16)9-11/h2-5,7,9,13H,6,8H2,1H3,(H,17,20)(H,21,22). The van der Waals surface area contributed by atoms with E-state index in [2.05, 4.69) is 26.3 Å². The van der Waals surface area contributed by atoms with Gasteiger partial charge >= 0.3 is 5.97 Å². The molecule has 1 aromatic heterocycles. The number of carbonyl (C=O) groups excluding carboxylic acids is 1. The van der Waals surface area contributed by atoms with Crippen LogP contribution in [0.5, 0.6) is 0 Å². The molecule has 1 amide bonds. The van der Waals surface area contributed by atoms with Gasteiger partial charge in [-0.3, -0.25) is 4.79 Å². The molecular formula is C15H16BrN3O4. The van der Waals surface area contributed by atoms with Gasteiger partial charge < -0.3 is 15.2 Å². The molecule has 0 aliphatic rings. The monoisotopic (exact) mass is 381 g/mol. The zero-order valence-corrected chi connectivity index (χ0v) is 14.0. The lowest BCUT2D eigenvalue weighted by molar-refractivity contribution is -0.139. The number of halogens is 1. The molecule has 2 rings (SSSR count). The van der Waals surface area contributed by atoms with Crippen LogP contribution in [0.4, 0.5) is 0 Å². The van der Waals surface area contributed by atoms with Gasteiger partial charge in [-0.05, 0) is 24.3 Å². The van der Waals surface area contributed by atoms with E-state index < -0.39 is 17.9 Å². The Bertz CT molecular complexity index is 702. The summed E-state index contributed by atoms with van der Waals surface area (Å²) in [6.07, 6.45) is 1.82. The highest BCUT2D eigenvalue weighted by atomic mass is 79.9. The largest absolute Gasteiger partial charge is 0.480 e. The molecule has 0 saturated carbocycles. The Morgan fingerprint density at radius 2 is 2.22 bits per heavy atom. The van der Waals surface area contributed by atoms with Gasteiger partial charge in [0.15, 0.2) is 5.69 Å². The Morgan fingerprint density at radius 3 is 2.87 bits per heavy atom. The van der Waals surface area contributed by atoms with E-state index in [9.17, 15) is 9.59 Å². The van der Waals surface area contributed by atoms with Crippen molar-refractivity contribution in [1.29, 1.82) is 0 Å². The molecule has 0 saturated heterocycles. The van der Waals surface area contributed by atoms with Crippen molar-refractivity contribution in [2.24, 2.45) is 0 Å². The van der Waals surface area contributed by atoms with Crippen LogP contribution in [0, 0.1) is 0 Å². The molecule has 0 bridgehead atoms. The molecule has 0 radical (unpaired) electrons. The van der Waals surface area contributed by atoms with Gasteiger partial charge in [0, 0.05) is 30.8 Å². The van der Waals surface area contributed by atoms with E-state index in [4.69, 9.17) is 9.84 Å². The van der Waals surface area contributed by atoms with E-state index in [1.54, 1.807) is 10.9 Å². The number of carbonyl (C=O) groups is 2. The predicted octanol–water partition coefficient (Wildman–Crippen LogP) is 1.85. The lowest BCUT2D eigenvalue weighted by Gasteiger charge is -2.12. The molecule has 7 nitrogen and oxygen atoms in total. The van der Waals surface area contributed by atoms with E-state index >= 15 is 0 Å². The molecule has 0 fully saturated rings. The molecule has 1 aromatic carbocycles. The van der Waals surface area contributed by atoms with Gasteiger partial charge in [0.25, 0.3) is 5.91 Å². The van der Waals surface area contributed by atoms with Crippen molar-refractivity contribution in [3.05, 3.63) is 46.7 Å². The minimum atomic E-state index is -1.11. The van der Waals surface area contributed by atoms with Crippen molar-refractivity contribution in [3.8, 4) is 5.69 Å². The van der Waals surface area contributed by atoms with Gasteiger partial charge in [0.2, 0.25) is 0 Å². The predicted molar refractivity (Wildman–Crippen MR) is 86.6 cm³/mol. The fourth-order valence-corrected chi connectivity index (χ4v) is 2.32. The maximum atomic E-state index is 12.1. The summed E-state index contributed by atoms with van der Waals surface area (Å²) in [5.41, 5.74) is 0.932. The third-order valence-corrected chi connectivity index (χ3v) is 3.60. The van der Waals surface area contributed by atoms with Gasteiger partial charge in [-0.25, -0.2) is 9.48 Å². The van der Waals surface area contributed by atoms with Crippen LogP contribution in [0.1, 0.15) is 16.9 Å². The minimum Gasteiger partial charge on any atom is -0.480 e. The summed E-state index contributed by atoms with van der Waals surface area (Å²) >= 11 is 3.37. The fourth-order valence-electron chi connectivity index (χ4n) is 1.93. The second-order valence-corrected chi connectivity index (χ2v) is 5.69. The van der Waals surface area contributed by atoms with E-state index in [1.807, 2.05) is 24.3 Å². The molecule has 23 heavy (non-hydrogen) atoms. The molecule has 0 aliphatic carbocycles. The smallest absolute Gasteiger partial charge is 0.326 e. The molecule has 1 unspecified atom stereocenters. The highest BCUT2D eigenvalue weighted by molar-refractivity contribution is 9.10. The van der Waals surface area contributed by atoms with E-state index in [1.165, 1.54) is 13.2 Å². The number of hydrogen-bond donors (Lipinski definition) is 2. The summed E-state index contributed by atoms with van der Waals surface area (Å²) in [6.45, 7) is 0.240. The van der Waals surface area contributed by atoms with Gasteiger partial charge in [-0.15, -0.1) is 0 Å². The second kappa shape index (κ2) is 7.89. The third-order valence-electron chi connectivity index (χ3n) is 3.11. The minimum absolute atomic E-state index is 0.147. The summed E-state index contributed by atoms with van der Waals surface area (Å²) in [4.78, 5) is 23.3. The zero-order chi connectivity index (χ0) is 16.8. The topological polar surface area (TPSA) is 93.5 Å². The highest BCUT2D eigenvalue weighted by Gasteiger charge is 2.21. The number of methoxy groups -OCH3 is 1. The SMILES string of the molecule is COCCC(NC(=O)c1ccn(-c2cccc(Br)c2)n1)C(=O)O. The average Bonchev–Trinajstić information content (AvgIpc) is 3.01. The van der Waals surface area contributed by atoms with E-state index in [-0.39, 0.29) is 18.7 Å². The number of hydrogen-bond acceptors (Lipinski definition) is 4. The van der Waals surface area contributed by atoms with Crippen LogP contribution in [0.15, 0.2) is 41.0 Å². The zero-order valence-electron chi connectivity index (χ0n) is 12.4. The van der Waals surface area contributed by atoms with Crippen molar-refractivity contribution in [1.82, 2.24) is 15.1 Å². The number of nitrogens with zero attached hydrogens (tertiary/aromatic N) is 2. The molecule has 2 aromatic rings. The quantitative estimate of drug-likeness (QED) is 0.763. The lowest BCUT2D eigenvalue weighted by atomic mass is 10.2. The van der Waals surface area contributed by atoms with Crippen LogP contribution < -0.4 is 5.32 Å². The van der Waals surface area contributed by atoms with Gasteiger partial charge in [0.1, 0.15) is 6.04 Å². The first-order chi connectivity index (χ1) is 11.0. The van der Waals surface area contributed by atoms with Crippen molar-refractivity contribution in [2.45, 2.75) is 12.5 Å². The van der Waals surface area contributed by atoms with Gasteiger partial charge in [-0.2, -0.15) is 5.10 Å². The molecule has 122 valence electrons. The maximum absolute atomic E-state index is 12.1. The number of nitrogens with one attached hydrogen (secondary N) is 1. The van der Waals surface area contributed by atoms with Crippen LogP contribution >= 0.6 is 15.9 Å². The first-order valence-corrected chi connectivity index (χ1v) is 7.65. The summed E-state index contributed by atoms with van der Waals surface area (Å²) < 4.78 is 7.28. The van der Waals surface area contributed by atoms with E-state index in [0.717, 1.165) is 10.2 Å². The number of ether oxygens (including phenoxy) is 1. The average molecular weight is 382 g/mol. The summed E-state index contributed by atoms with van der Waals surface area (Å²) in [5, 5.41) is 15.7. The van der Waals surface area contributed by atoms with Crippen LogP contribution in [0.2, 0.25) is 0 Å². The molecule has 1 heterocycles. The maximum Gasteiger partial charge on any atom is 0.326 e. The number of carboxylic acids is 1. The third kappa shape index (κ3) is 4.64. The van der Waals surface area contributed by atoms with Crippen molar-refractivity contribution >= 4 is 27.8 Å². The number of rotatable bonds is 7. The normalized spacial score (nSPS) is 11.9. The summed E-state index contributed by atoms with van der Waals surface area (Å²) in [5.74, 6) is -1.65. The first kappa shape index (κ1) is 17.2. The molecule has 0 aliphatic heterocycles.